The Morgan fingerprint density at radius 1 is 0.515 bits per heavy atom. The van der Waals surface area contributed by atoms with Gasteiger partial charge >= 0.3 is 0 Å². The summed E-state index contributed by atoms with van der Waals surface area (Å²) in [6, 6.07) is 32.5. The fraction of sp³-hybridized carbons (Fsp3) is 0. The molecule has 0 atom stereocenters. The lowest BCUT2D eigenvalue weighted by Gasteiger charge is -2.16. The standard InChI is InChI=1S/C28H21FN4/c29-18-9-8-12-20(17-18)33-24-16-7-5-14-22(24)26(31)28(33)27-25(30)21-13-4-6-15-23(21)32(27)19-10-2-1-3-11-19/h1-17H,30-31H2. The van der Waals surface area contributed by atoms with Gasteiger partial charge in [-0.3, -0.25) is 0 Å². The van der Waals surface area contributed by atoms with E-state index < -0.39 is 0 Å². The summed E-state index contributed by atoms with van der Waals surface area (Å²) in [5.74, 6) is -0.314. The topological polar surface area (TPSA) is 61.9 Å². The third-order valence-corrected chi connectivity index (χ3v) is 6.13. The van der Waals surface area contributed by atoms with E-state index in [0.29, 0.717) is 17.1 Å². The van der Waals surface area contributed by atoms with Gasteiger partial charge in [-0.05, 0) is 42.5 Å². The number of para-hydroxylation sites is 3. The molecule has 0 saturated carbocycles. The molecule has 0 radical (unpaired) electrons. The van der Waals surface area contributed by atoms with E-state index in [0.717, 1.165) is 38.9 Å². The molecule has 33 heavy (non-hydrogen) atoms. The lowest BCUT2D eigenvalue weighted by atomic mass is 10.1. The van der Waals surface area contributed by atoms with E-state index in [1.165, 1.54) is 12.1 Å². The molecule has 5 heteroatoms. The largest absolute Gasteiger partial charge is 0.396 e. The predicted molar refractivity (Wildman–Crippen MR) is 134 cm³/mol. The van der Waals surface area contributed by atoms with Crippen LogP contribution in [-0.2, 0) is 0 Å². The van der Waals surface area contributed by atoms with Crippen LogP contribution in [0.4, 0.5) is 15.8 Å². The number of hydrogen-bond acceptors (Lipinski definition) is 2. The molecule has 6 aromatic rings. The molecule has 0 aliphatic rings. The molecule has 2 aromatic heterocycles. The molecular weight excluding hydrogens is 411 g/mol. The van der Waals surface area contributed by atoms with Crippen molar-refractivity contribution in [2.75, 3.05) is 11.5 Å². The van der Waals surface area contributed by atoms with Crippen LogP contribution >= 0.6 is 0 Å². The van der Waals surface area contributed by atoms with Crippen LogP contribution in [0.25, 0.3) is 44.6 Å². The van der Waals surface area contributed by atoms with Crippen molar-refractivity contribution in [1.29, 1.82) is 0 Å². The van der Waals surface area contributed by atoms with Crippen molar-refractivity contribution in [3.8, 4) is 22.8 Å². The Bertz CT molecular complexity index is 1640. The molecule has 4 N–H and O–H groups in total. The number of halogens is 1. The van der Waals surface area contributed by atoms with Gasteiger partial charge < -0.3 is 20.6 Å². The molecule has 0 fully saturated rings. The molecule has 0 aliphatic heterocycles. The van der Waals surface area contributed by atoms with Crippen molar-refractivity contribution < 1.29 is 4.39 Å². The third kappa shape index (κ3) is 2.83. The Balaban J connectivity index is 1.82. The van der Waals surface area contributed by atoms with Crippen molar-refractivity contribution in [2.24, 2.45) is 0 Å². The van der Waals surface area contributed by atoms with Gasteiger partial charge in [0.25, 0.3) is 0 Å². The average Bonchev–Trinajstić information content (AvgIpc) is 3.31. The smallest absolute Gasteiger partial charge is 0.125 e. The first-order valence-electron chi connectivity index (χ1n) is 10.7. The summed E-state index contributed by atoms with van der Waals surface area (Å²) < 4.78 is 18.4. The van der Waals surface area contributed by atoms with Crippen LogP contribution in [0, 0.1) is 5.82 Å². The highest BCUT2D eigenvalue weighted by molar-refractivity contribution is 6.09. The van der Waals surface area contributed by atoms with Crippen LogP contribution in [0.1, 0.15) is 0 Å². The van der Waals surface area contributed by atoms with Gasteiger partial charge in [0.15, 0.2) is 0 Å². The Morgan fingerprint density at radius 2 is 1.00 bits per heavy atom. The summed E-state index contributed by atoms with van der Waals surface area (Å²) in [6.45, 7) is 0. The van der Waals surface area contributed by atoms with Crippen molar-refractivity contribution >= 4 is 33.2 Å². The zero-order valence-corrected chi connectivity index (χ0v) is 17.7. The SMILES string of the molecule is Nc1c(-c2c(N)c3ccccc3n2-c2cccc(F)c2)n(-c2ccccc2)c2ccccc12. The molecule has 0 saturated heterocycles. The molecule has 4 nitrogen and oxygen atoms in total. The van der Waals surface area contributed by atoms with E-state index in [1.54, 1.807) is 6.07 Å². The third-order valence-electron chi connectivity index (χ3n) is 6.13. The monoisotopic (exact) mass is 432 g/mol. The van der Waals surface area contributed by atoms with Gasteiger partial charge in [0.05, 0.1) is 33.8 Å². The Morgan fingerprint density at radius 3 is 1.58 bits per heavy atom. The van der Waals surface area contributed by atoms with Gasteiger partial charge in [-0.2, -0.15) is 0 Å². The zero-order chi connectivity index (χ0) is 22.5. The minimum absolute atomic E-state index is 0.314. The van der Waals surface area contributed by atoms with Crippen LogP contribution in [0.2, 0.25) is 0 Å². The van der Waals surface area contributed by atoms with E-state index in [1.807, 2.05) is 89.5 Å². The highest BCUT2D eigenvalue weighted by atomic mass is 19.1. The number of nitrogens with zero attached hydrogens (tertiary/aromatic N) is 2. The first-order chi connectivity index (χ1) is 16.1. The summed E-state index contributed by atoms with van der Waals surface area (Å²) >= 11 is 0. The molecule has 0 unspecified atom stereocenters. The first-order valence-corrected chi connectivity index (χ1v) is 10.7. The van der Waals surface area contributed by atoms with Crippen molar-refractivity contribution in [2.45, 2.75) is 0 Å². The summed E-state index contributed by atoms with van der Waals surface area (Å²) in [4.78, 5) is 0. The Kier molecular flexibility index (Phi) is 4.23. The molecule has 160 valence electrons. The zero-order valence-electron chi connectivity index (χ0n) is 17.7. The van der Waals surface area contributed by atoms with Crippen LogP contribution < -0.4 is 11.5 Å². The van der Waals surface area contributed by atoms with Crippen LogP contribution in [0.5, 0.6) is 0 Å². The highest BCUT2D eigenvalue weighted by Crippen LogP contribution is 2.45. The average molecular weight is 433 g/mol. The van der Waals surface area contributed by atoms with E-state index in [4.69, 9.17) is 11.5 Å². The molecule has 6 rings (SSSR count). The maximum atomic E-state index is 14.3. The number of nitrogen functional groups attached to an aromatic ring is 2. The summed E-state index contributed by atoms with van der Waals surface area (Å²) in [7, 11) is 0. The van der Waals surface area contributed by atoms with E-state index >= 15 is 0 Å². The van der Waals surface area contributed by atoms with Gasteiger partial charge in [0, 0.05) is 22.1 Å². The second-order valence-electron chi connectivity index (χ2n) is 8.05. The van der Waals surface area contributed by atoms with Crippen LogP contribution in [-0.4, -0.2) is 9.13 Å². The number of hydrogen-bond donors (Lipinski definition) is 2. The second-order valence-corrected chi connectivity index (χ2v) is 8.05. The number of rotatable bonds is 3. The number of aromatic nitrogens is 2. The molecule has 2 heterocycles. The van der Waals surface area contributed by atoms with Crippen molar-refractivity contribution in [3.63, 3.8) is 0 Å². The maximum Gasteiger partial charge on any atom is 0.125 e. The van der Waals surface area contributed by atoms with Gasteiger partial charge in [0.1, 0.15) is 5.82 Å². The lowest BCUT2D eigenvalue weighted by molar-refractivity contribution is 0.627. The second kappa shape index (κ2) is 7.28. The summed E-state index contributed by atoms with van der Waals surface area (Å²) in [6.07, 6.45) is 0. The fourth-order valence-corrected chi connectivity index (χ4v) is 4.73. The molecular formula is C28H21FN4. The maximum absolute atomic E-state index is 14.3. The van der Waals surface area contributed by atoms with Gasteiger partial charge in [-0.25, -0.2) is 4.39 Å². The van der Waals surface area contributed by atoms with Crippen molar-refractivity contribution in [1.82, 2.24) is 9.13 Å². The number of fused-ring (bicyclic) bond motifs is 2. The van der Waals surface area contributed by atoms with Gasteiger partial charge in [-0.1, -0.05) is 60.7 Å². The predicted octanol–water partition coefficient (Wildman–Crippen LogP) is 6.54. The molecule has 0 amide bonds. The minimum Gasteiger partial charge on any atom is -0.396 e. The first kappa shape index (κ1) is 19.2. The summed E-state index contributed by atoms with van der Waals surface area (Å²) in [5.41, 5.74) is 19.9. The normalized spacial score (nSPS) is 11.4. The minimum atomic E-state index is -0.314. The molecule has 4 aromatic carbocycles. The molecule has 0 aliphatic carbocycles. The summed E-state index contributed by atoms with van der Waals surface area (Å²) in [5, 5.41) is 1.83. The van der Waals surface area contributed by atoms with E-state index in [9.17, 15) is 4.39 Å². The van der Waals surface area contributed by atoms with Crippen LogP contribution in [0.15, 0.2) is 103 Å². The number of benzene rings is 4. The molecule has 0 spiro atoms. The number of nitrogens with two attached hydrogens (primary N) is 2. The quantitative estimate of drug-likeness (QED) is 0.333. The van der Waals surface area contributed by atoms with Crippen LogP contribution in [0.3, 0.4) is 0 Å². The van der Waals surface area contributed by atoms with E-state index in [-0.39, 0.29) is 5.82 Å². The fourth-order valence-electron chi connectivity index (χ4n) is 4.73. The van der Waals surface area contributed by atoms with E-state index in [2.05, 4.69) is 4.57 Å². The van der Waals surface area contributed by atoms with Gasteiger partial charge in [0.2, 0.25) is 0 Å². The highest BCUT2D eigenvalue weighted by Gasteiger charge is 2.26. The van der Waals surface area contributed by atoms with Gasteiger partial charge in [-0.15, -0.1) is 0 Å². The number of anilines is 2. The van der Waals surface area contributed by atoms with Crippen molar-refractivity contribution in [3.05, 3.63) is 109 Å². The Hall–Kier alpha value is -4.51. The lowest BCUT2D eigenvalue weighted by Crippen LogP contribution is -2.05. The molecule has 0 bridgehead atoms. The Labute approximate surface area is 190 Å².